The quantitative estimate of drug-likeness (QED) is 0.697. The number of carbonyl (C=O) groups is 1. The number of piperidine rings is 1. The summed E-state index contributed by atoms with van der Waals surface area (Å²) in [4.78, 5) is 20.8. The lowest BCUT2D eigenvalue weighted by Crippen LogP contribution is -2.41. The summed E-state index contributed by atoms with van der Waals surface area (Å²) in [6.07, 6.45) is 4.87. The maximum absolute atomic E-state index is 15.2. The molecule has 0 saturated carbocycles. The number of rotatable bonds is 3. The Labute approximate surface area is 167 Å². The summed E-state index contributed by atoms with van der Waals surface area (Å²) >= 11 is 6.31. The lowest BCUT2D eigenvalue weighted by atomic mass is 9.85. The molecule has 0 radical (unpaired) electrons. The van der Waals surface area contributed by atoms with Gasteiger partial charge >= 0.3 is 0 Å². The maximum atomic E-state index is 15.2. The van der Waals surface area contributed by atoms with Gasteiger partial charge in [0.15, 0.2) is 0 Å². The van der Waals surface area contributed by atoms with E-state index in [1.165, 1.54) is 0 Å². The van der Waals surface area contributed by atoms with E-state index < -0.39 is 0 Å². The van der Waals surface area contributed by atoms with E-state index in [-0.39, 0.29) is 24.2 Å². The van der Waals surface area contributed by atoms with Crippen molar-refractivity contribution in [1.82, 2.24) is 14.9 Å². The van der Waals surface area contributed by atoms with Gasteiger partial charge in [0.2, 0.25) is 5.91 Å². The molecular weight excluding hydrogens is 379 g/mol. The molecule has 2 aromatic heterocycles. The van der Waals surface area contributed by atoms with E-state index in [0.29, 0.717) is 23.8 Å². The molecule has 0 spiro atoms. The molecule has 3 N–H and O–H groups in total. The number of amides is 1. The molecule has 1 saturated heterocycles. The Balaban J connectivity index is 1.66. The van der Waals surface area contributed by atoms with Crippen molar-refractivity contribution < 1.29 is 9.18 Å². The summed E-state index contributed by atoms with van der Waals surface area (Å²) in [6.45, 7) is 3.20. The molecule has 3 heterocycles. The number of nitrogens with one attached hydrogen (secondary N) is 1. The molecule has 4 rings (SSSR count). The smallest absolute Gasteiger partial charge is 0.236 e. The number of carbonyl (C=O) groups excluding carboxylic acids is 1. The van der Waals surface area contributed by atoms with Crippen molar-refractivity contribution in [3.8, 4) is 11.1 Å². The van der Waals surface area contributed by atoms with E-state index >= 15 is 4.39 Å². The summed E-state index contributed by atoms with van der Waals surface area (Å²) in [6, 6.07) is 5.44. The summed E-state index contributed by atoms with van der Waals surface area (Å²) in [5.41, 5.74) is 9.42. The minimum atomic E-state index is -0.213. The van der Waals surface area contributed by atoms with Crippen LogP contribution in [-0.2, 0) is 4.79 Å². The third-order valence-corrected chi connectivity index (χ3v) is 5.90. The van der Waals surface area contributed by atoms with Crippen molar-refractivity contribution in [2.24, 2.45) is 5.73 Å². The highest BCUT2D eigenvalue weighted by atomic mass is 35.5. The fourth-order valence-electron chi connectivity index (χ4n) is 4.23. The third kappa shape index (κ3) is 3.27. The van der Waals surface area contributed by atoms with Gasteiger partial charge in [-0.05, 0) is 60.1 Å². The number of H-pyrrole nitrogens is 1. The molecule has 7 heteroatoms. The zero-order valence-electron chi connectivity index (χ0n) is 15.6. The van der Waals surface area contributed by atoms with Gasteiger partial charge in [-0.3, -0.25) is 4.79 Å². The van der Waals surface area contributed by atoms with Crippen molar-refractivity contribution in [3.05, 3.63) is 52.6 Å². The number of nitrogens with two attached hydrogens (primary N) is 1. The Hall–Kier alpha value is -2.44. The number of hydrogen-bond acceptors (Lipinski definition) is 3. The highest BCUT2D eigenvalue weighted by Crippen LogP contribution is 2.37. The van der Waals surface area contributed by atoms with Crippen LogP contribution in [0.5, 0.6) is 0 Å². The Kier molecular flexibility index (Phi) is 5.08. The topological polar surface area (TPSA) is 75.0 Å². The Bertz CT molecular complexity index is 1020. The Morgan fingerprint density at radius 1 is 1.39 bits per heavy atom. The molecule has 1 aromatic carbocycles. The van der Waals surface area contributed by atoms with E-state index in [0.717, 1.165) is 40.5 Å². The molecule has 1 aliphatic heterocycles. The van der Waals surface area contributed by atoms with Crippen LogP contribution in [0, 0.1) is 12.7 Å². The number of aryl methyl sites for hydroxylation is 1. The minimum absolute atomic E-state index is 0.0227. The zero-order chi connectivity index (χ0) is 19.8. The van der Waals surface area contributed by atoms with E-state index in [9.17, 15) is 4.79 Å². The molecule has 1 amide bonds. The molecule has 5 nitrogen and oxygen atoms in total. The number of aromatic amines is 1. The number of pyridine rings is 1. The first-order chi connectivity index (χ1) is 13.5. The summed E-state index contributed by atoms with van der Waals surface area (Å²) in [5, 5.41) is 1.36. The van der Waals surface area contributed by atoms with Crippen LogP contribution in [0.4, 0.5) is 4.39 Å². The number of hydrogen-bond donors (Lipinski definition) is 2. The van der Waals surface area contributed by atoms with Crippen LogP contribution in [0.25, 0.3) is 22.2 Å². The van der Waals surface area contributed by atoms with E-state index in [1.54, 1.807) is 23.4 Å². The van der Waals surface area contributed by atoms with Crippen LogP contribution in [0.15, 0.2) is 30.6 Å². The molecule has 3 aromatic rings. The van der Waals surface area contributed by atoms with Crippen molar-refractivity contribution in [1.29, 1.82) is 0 Å². The third-order valence-electron chi connectivity index (χ3n) is 5.60. The Morgan fingerprint density at radius 3 is 2.82 bits per heavy atom. The summed E-state index contributed by atoms with van der Waals surface area (Å²) in [7, 11) is 0. The molecule has 146 valence electrons. The van der Waals surface area contributed by atoms with Gasteiger partial charge in [0, 0.05) is 30.9 Å². The number of aromatic nitrogens is 2. The fourth-order valence-corrected chi connectivity index (χ4v) is 4.48. The second kappa shape index (κ2) is 7.53. The van der Waals surface area contributed by atoms with Gasteiger partial charge in [0.05, 0.1) is 11.6 Å². The van der Waals surface area contributed by atoms with Gasteiger partial charge in [0.1, 0.15) is 11.5 Å². The number of benzene rings is 1. The monoisotopic (exact) mass is 400 g/mol. The summed E-state index contributed by atoms with van der Waals surface area (Å²) in [5.74, 6) is -0.157. The van der Waals surface area contributed by atoms with E-state index in [1.807, 2.05) is 19.1 Å². The van der Waals surface area contributed by atoms with Crippen LogP contribution in [0.3, 0.4) is 0 Å². The van der Waals surface area contributed by atoms with E-state index in [4.69, 9.17) is 17.3 Å². The van der Waals surface area contributed by atoms with Crippen molar-refractivity contribution in [2.45, 2.75) is 25.7 Å². The standard InChI is InChI=1S/C21H22ClFN4O/c1-12-8-14(15-2-5-25-21-20(15)16(22)11-26-21)9-17(23)19(12)13-3-6-27(7-4-13)18(28)10-24/h2,5,8-9,11,13H,3-4,6-7,10,24H2,1H3,(H,25,26). The molecular formula is C21H22ClFN4O. The molecule has 28 heavy (non-hydrogen) atoms. The van der Waals surface area contributed by atoms with Gasteiger partial charge in [-0.1, -0.05) is 17.7 Å². The fraction of sp³-hybridized carbons (Fsp3) is 0.333. The molecule has 0 unspecified atom stereocenters. The SMILES string of the molecule is Cc1cc(-c2ccnc3[nH]cc(Cl)c23)cc(F)c1C1CCN(C(=O)CN)CC1. The first-order valence-electron chi connectivity index (χ1n) is 9.39. The highest BCUT2D eigenvalue weighted by molar-refractivity contribution is 6.36. The van der Waals surface area contributed by atoms with Crippen LogP contribution >= 0.6 is 11.6 Å². The number of fused-ring (bicyclic) bond motifs is 1. The van der Waals surface area contributed by atoms with E-state index in [2.05, 4.69) is 9.97 Å². The van der Waals surface area contributed by atoms with Crippen LogP contribution in [-0.4, -0.2) is 40.4 Å². The van der Waals surface area contributed by atoms with Crippen molar-refractivity contribution in [3.63, 3.8) is 0 Å². The molecule has 0 bridgehead atoms. The first-order valence-corrected chi connectivity index (χ1v) is 9.77. The molecule has 0 aliphatic carbocycles. The number of nitrogens with zero attached hydrogens (tertiary/aromatic N) is 2. The lowest BCUT2D eigenvalue weighted by molar-refractivity contribution is -0.130. The molecule has 1 aliphatic rings. The van der Waals surface area contributed by atoms with Gasteiger partial charge in [-0.15, -0.1) is 0 Å². The van der Waals surface area contributed by atoms with Crippen molar-refractivity contribution in [2.75, 3.05) is 19.6 Å². The Morgan fingerprint density at radius 2 is 2.14 bits per heavy atom. The first kappa shape index (κ1) is 18.9. The van der Waals surface area contributed by atoms with Gasteiger partial charge in [-0.2, -0.15) is 0 Å². The van der Waals surface area contributed by atoms with Gasteiger partial charge in [0.25, 0.3) is 0 Å². The second-order valence-electron chi connectivity index (χ2n) is 7.27. The van der Waals surface area contributed by atoms with Gasteiger partial charge < -0.3 is 15.6 Å². The largest absolute Gasteiger partial charge is 0.345 e. The molecule has 0 atom stereocenters. The van der Waals surface area contributed by atoms with Crippen LogP contribution < -0.4 is 5.73 Å². The van der Waals surface area contributed by atoms with Gasteiger partial charge in [-0.25, -0.2) is 9.37 Å². The second-order valence-corrected chi connectivity index (χ2v) is 7.67. The predicted octanol–water partition coefficient (Wildman–Crippen LogP) is 4.00. The minimum Gasteiger partial charge on any atom is -0.345 e. The zero-order valence-corrected chi connectivity index (χ0v) is 16.4. The maximum Gasteiger partial charge on any atom is 0.236 e. The lowest BCUT2D eigenvalue weighted by Gasteiger charge is -2.33. The van der Waals surface area contributed by atoms with Crippen LogP contribution in [0.1, 0.15) is 29.9 Å². The average molecular weight is 401 g/mol. The normalized spacial score (nSPS) is 15.4. The summed E-state index contributed by atoms with van der Waals surface area (Å²) < 4.78 is 15.2. The van der Waals surface area contributed by atoms with Crippen molar-refractivity contribution >= 4 is 28.5 Å². The average Bonchev–Trinajstić information content (AvgIpc) is 3.08. The van der Waals surface area contributed by atoms with Crippen LogP contribution in [0.2, 0.25) is 5.02 Å². The predicted molar refractivity (Wildman–Crippen MR) is 109 cm³/mol. The molecule has 1 fully saturated rings. The highest BCUT2D eigenvalue weighted by Gasteiger charge is 2.26. The number of halogens is 2. The number of likely N-dealkylation sites (tertiary alicyclic amines) is 1.